The largest absolute Gasteiger partial charge is 0.308 e. The van der Waals surface area contributed by atoms with E-state index in [1.165, 1.54) is 34.8 Å². The summed E-state index contributed by atoms with van der Waals surface area (Å²) >= 11 is 2.52. The van der Waals surface area contributed by atoms with Gasteiger partial charge in [-0.2, -0.15) is 4.99 Å². The molecule has 0 radical (unpaired) electrons. The molecule has 0 N–H and O–H groups in total. The van der Waals surface area contributed by atoms with Gasteiger partial charge in [-0.1, -0.05) is 29.4 Å². The third-order valence-corrected chi connectivity index (χ3v) is 5.88. The van der Waals surface area contributed by atoms with E-state index in [0.29, 0.717) is 10.3 Å². The zero-order valence-corrected chi connectivity index (χ0v) is 15.3. The maximum atomic E-state index is 12.6. The Labute approximate surface area is 160 Å². The van der Waals surface area contributed by atoms with Crippen LogP contribution in [0.25, 0.3) is 20.4 Å². The number of terminal acetylenes is 1. The van der Waals surface area contributed by atoms with Crippen molar-refractivity contribution in [1.82, 2.24) is 9.55 Å². The molecular formula is C18H10N4O3S2. The fourth-order valence-electron chi connectivity index (χ4n) is 2.60. The standard InChI is InChI=1S/C18H10N4O3S2/c1-2-9-21-13-10-11(22(24)25)7-8-15(13)27-18(21)20-16(23)17-19-12-5-3-4-6-14(12)26-17/h1,3-8,10H,9H2. The summed E-state index contributed by atoms with van der Waals surface area (Å²) in [7, 11) is 0. The number of thiazole rings is 2. The first-order valence-electron chi connectivity index (χ1n) is 7.72. The average molecular weight is 394 g/mol. The number of nitrogens with zero attached hydrogens (tertiary/aromatic N) is 4. The number of nitro groups is 1. The molecule has 0 aliphatic carbocycles. The predicted molar refractivity (Wildman–Crippen MR) is 105 cm³/mol. The highest BCUT2D eigenvalue weighted by Gasteiger charge is 2.15. The number of para-hydroxylation sites is 1. The Morgan fingerprint density at radius 3 is 2.81 bits per heavy atom. The highest BCUT2D eigenvalue weighted by molar-refractivity contribution is 7.20. The summed E-state index contributed by atoms with van der Waals surface area (Å²) in [6.45, 7) is 0.146. The Morgan fingerprint density at radius 2 is 2.07 bits per heavy atom. The lowest BCUT2D eigenvalue weighted by Gasteiger charge is -1.99. The van der Waals surface area contributed by atoms with Gasteiger partial charge in [0, 0.05) is 12.1 Å². The molecule has 4 rings (SSSR count). The second kappa shape index (κ2) is 6.75. The first-order valence-corrected chi connectivity index (χ1v) is 9.36. The topological polar surface area (TPSA) is 90.4 Å². The number of hydrogen-bond donors (Lipinski definition) is 0. The molecule has 27 heavy (non-hydrogen) atoms. The SMILES string of the molecule is C#CCn1c(=NC(=O)c2nc3ccccc3s2)sc2ccc([N+](=O)[O-])cc21. The van der Waals surface area contributed by atoms with Gasteiger partial charge in [-0.3, -0.25) is 14.9 Å². The van der Waals surface area contributed by atoms with Gasteiger partial charge in [0.15, 0.2) is 9.81 Å². The Hall–Kier alpha value is -3.35. The molecule has 0 aliphatic heterocycles. The van der Waals surface area contributed by atoms with Crippen molar-refractivity contribution in [2.75, 3.05) is 0 Å². The molecule has 0 saturated heterocycles. The molecule has 9 heteroatoms. The minimum absolute atomic E-state index is 0.0462. The molecule has 2 aromatic carbocycles. The van der Waals surface area contributed by atoms with E-state index in [0.717, 1.165) is 14.9 Å². The molecule has 4 aromatic rings. The van der Waals surface area contributed by atoms with E-state index in [2.05, 4.69) is 15.9 Å². The summed E-state index contributed by atoms with van der Waals surface area (Å²) in [5, 5.41) is 11.3. The molecule has 0 saturated carbocycles. The number of rotatable bonds is 3. The van der Waals surface area contributed by atoms with Crippen LogP contribution in [-0.4, -0.2) is 20.4 Å². The number of nitro benzene ring substituents is 1. The normalized spacial score (nSPS) is 11.7. The van der Waals surface area contributed by atoms with Crippen LogP contribution in [0.15, 0.2) is 47.5 Å². The number of hydrogen-bond acceptors (Lipinski definition) is 6. The summed E-state index contributed by atoms with van der Waals surface area (Å²) in [4.78, 5) is 32.1. The van der Waals surface area contributed by atoms with Crippen LogP contribution in [0.3, 0.4) is 0 Å². The number of carbonyl (C=O) groups excluding carboxylic acids is 1. The van der Waals surface area contributed by atoms with Gasteiger partial charge in [-0.25, -0.2) is 4.98 Å². The number of amides is 1. The molecule has 7 nitrogen and oxygen atoms in total. The van der Waals surface area contributed by atoms with Crippen LogP contribution in [0.4, 0.5) is 5.69 Å². The number of aromatic nitrogens is 2. The first-order chi connectivity index (χ1) is 13.1. The van der Waals surface area contributed by atoms with Crippen molar-refractivity contribution in [1.29, 1.82) is 0 Å². The molecule has 0 aliphatic rings. The molecule has 1 amide bonds. The van der Waals surface area contributed by atoms with E-state index in [9.17, 15) is 14.9 Å². The Morgan fingerprint density at radius 1 is 1.26 bits per heavy atom. The van der Waals surface area contributed by atoms with Crippen molar-refractivity contribution >= 4 is 54.7 Å². The van der Waals surface area contributed by atoms with Crippen LogP contribution in [0.2, 0.25) is 0 Å². The molecule has 0 bridgehead atoms. The second-order valence-corrected chi connectivity index (χ2v) is 7.53. The van der Waals surface area contributed by atoms with Crippen LogP contribution in [-0.2, 0) is 6.54 Å². The molecule has 2 heterocycles. The van der Waals surface area contributed by atoms with Gasteiger partial charge < -0.3 is 4.57 Å². The van der Waals surface area contributed by atoms with Gasteiger partial charge in [0.05, 0.1) is 31.9 Å². The average Bonchev–Trinajstić information content (AvgIpc) is 3.23. The number of benzene rings is 2. The van der Waals surface area contributed by atoms with Crippen LogP contribution in [0.5, 0.6) is 0 Å². The number of carbonyl (C=O) groups is 1. The van der Waals surface area contributed by atoms with Crippen molar-refractivity contribution in [2.45, 2.75) is 6.54 Å². The zero-order chi connectivity index (χ0) is 19.0. The van der Waals surface area contributed by atoms with Crippen LogP contribution >= 0.6 is 22.7 Å². The van der Waals surface area contributed by atoms with Gasteiger partial charge in [0.2, 0.25) is 0 Å². The van der Waals surface area contributed by atoms with Crippen molar-refractivity contribution in [2.24, 2.45) is 4.99 Å². The Balaban J connectivity index is 1.86. The smallest absolute Gasteiger partial charge is 0.304 e. The monoisotopic (exact) mass is 394 g/mol. The van der Waals surface area contributed by atoms with E-state index >= 15 is 0 Å². The summed E-state index contributed by atoms with van der Waals surface area (Å²) in [5.41, 5.74) is 1.27. The maximum absolute atomic E-state index is 12.6. The van der Waals surface area contributed by atoms with E-state index in [1.54, 1.807) is 10.6 Å². The lowest BCUT2D eigenvalue weighted by atomic mass is 10.3. The summed E-state index contributed by atoms with van der Waals surface area (Å²) in [5.74, 6) is 2.03. The maximum Gasteiger partial charge on any atom is 0.308 e. The van der Waals surface area contributed by atoms with Crippen LogP contribution in [0.1, 0.15) is 9.80 Å². The third-order valence-electron chi connectivity index (χ3n) is 3.80. The van der Waals surface area contributed by atoms with Crippen molar-refractivity contribution in [3.8, 4) is 12.3 Å². The molecule has 0 spiro atoms. The lowest BCUT2D eigenvalue weighted by molar-refractivity contribution is -0.384. The minimum atomic E-state index is -0.472. The van der Waals surface area contributed by atoms with E-state index in [-0.39, 0.29) is 17.2 Å². The number of non-ortho nitro benzene ring substituents is 1. The highest BCUT2D eigenvalue weighted by atomic mass is 32.1. The summed E-state index contributed by atoms with van der Waals surface area (Å²) in [6, 6.07) is 11.9. The summed E-state index contributed by atoms with van der Waals surface area (Å²) in [6.07, 6.45) is 5.43. The highest BCUT2D eigenvalue weighted by Crippen LogP contribution is 2.24. The van der Waals surface area contributed by atoms with Crippen molar-refractivity contribution in [3.05, 3.63) is 62.4 Å². The molecule has 0 fully saturated rings. The van der Waals surface area contributed by atoms with Gasteiger partial charge in [-0.15, -0.1) is 17.8 Å². The van der Waals surface area contributed by atoms with Crippen LogP contribution in [0, 0.1) is 22.5 Å². The minimum Gasteiger partial charge on any atom is -0.304 e. The Kier molecular flexibility index (Phi) is 4.27. The molecule has 0 unspecified atom stereocenters. The molecule has 132 valence electrons. The van der Waals surface area contributed by atoms with Gasteiger partial charge in [0.25, 0.3) is 5.69 Å². The predicted octanol–water partition coefficient (Wildman–Crippen LogP) is 3.60. The third kappa shape index (κ3) is 3.12. The fourth-order valence-corrected chi connectivity index (χ4v) is 4.46. The van der Waals surface area contributed by atoms with E-state index in [4.69, 9.17) is 6.42 Å². The van der Waals surface area contributed by atoms with E-state index in [1.807, 2.05) is 24.3 Å². The first kappa shape index (κ1) is 17.1. The van der Waals surface area contributed by atoms with Gasteiger partial charge >= 0.3 is 5.91 Å². The van der Waals surface area contributed by atoms with Crippen LogP contribution < -0.4 is 4.80 Å². The van der Waals surface area contributed by atoms with Gasteiger partial charge in [0.1, 0.15) is 0 Å². The van der Waals surface area contributed by atoms with Crippen molar-refractivity contribution in [3.63, 3.8) is 0 Å². The molecule has 2 aromatic heterocycles. The Bertz CT molecular complexity index is 1290. The second-order valence-electron chi connectivity index (χ2n) is 5.49. The molecular weight excluding hydrogens is 384 g/mol. The lowest BCUT2D eigenvalue weighted by Crippen LogP contribution is -2.16. The molecule has 0 atom stereocenters. The zero-order valence-electron chi connectivity index (χ0n) is 13.7. The van der Waals surface area contributed by atoms with Crippen molar-refractivity contribution < 1.29 is 9.72 Å². The number of fused-ring (bicyclic) bond motifs is 2. The quantitative estimate of drug-likeness (QED) is 0.302. The summed E-state index contributed by atoms with van der Waals surface area (Å²) < 4.78 is 3.28. The van der Waals surface area contributed by atoms with E-state index < -0.39 is 10.8 Å². The fraction of sp³-hybridized carbons (Fsp3) is 0.0556. The van der Waals surface area contributed by atoms with Gasteiger partial charge in [-0.05, 0) is 18.2 Å².